The van der Waals surface area contributed by atoms with Crippen LogP contribution in [0.5, 0.6) is 0 Å². The summed E-state index contributed by atoms with van der Waals surface area (Å²) in [5.74, 6) is -1.48. The van der Waals surface area contributed by atoms with Crippen molar-refractivity contribution in [1.29, 1.82) is 0 Å². The maximum atomic E-state index is 12.1. The summed E-state index contributed by atoms with van der Waals surface area (Å²) in [4.78, 5) is 51.5. The summed E-state index contributed by atoms with van der Waals surface area (Å²) in [6.07, 6.45) is 0. The minimum absolute atomic E-state index is 0.209. The number of nitrogens with one attached hydrogen (secondary N) is 4. The first-order chi connectivity index (χ1) is 12.9. The van der Waals surface area contributed by atoms with Crippen LogP contribution in [-0.2, 0) is 14.3 Å². The molecule has 0 aliphatic heterocycles. The molecule has 138 valence electrons. The molecule has 0 aliphatic carbocycles. The summed E-state index contributed by atoms with van der Waals surface area (Å²) in [6.45, 7) is 0.876. The van der Waals surface area contributed by atoms with Gasteiger partial charge in [-0.1, -0.05) is 6.07 Å². The van der Waals surface area contributed by atoms with Gasteiger partial charge in [0.1, 0.15) is 0 Å². The zero-order valence-corrected chi connectivity index (χ0v) is 14.3. The van der Waals surface area contributed by atoms with E-state index in [1.54, 1.807) is 30.3 Å². The second-order valence-electron chi connectivity index (χ2n) is 5.73. The summed E-state index contributed by atoms with van der Waals surface area (Å²) in [5.41, 5.74) is 1.93. The molecular weight excluding hydrogens is 352 g/mol. The van der Waals surface area contributed by atoms with E-state index in [4.69, 9.17) is 4.74 Å². The second-order valence-corrected chi connectivity index (χ2v) is 5.73. The van der Waals surface area contributed by atoms with Gasteiger partial charge in [-0.25, -0.2) is 9.59 Å². The Hall–Kier alpha value is -3.88. The molecule has 0 saturated carbocycles. The standard InChI is InChI=1S/C18H16N4O5/c1-10(23)19-12-4-2-3-11(7-12)17(25)27-9-16(24)20-13-5-6-14-15(8-13)22-18(26)21-14/h2-8H,9H2,1H3,(H,19,23)(H,20,24)(H2,21,22,26). The van der Waals surface area contributed by atoms with Crippen molar-refractivity contribution >= 4 is 40.2 Å². The molecule has 2 amide bonds. The predicted molar refractivity (Wildman–Crippen MR) is 98.6 cm³/mol. The normalized spacial score (nSPS) is 10.4. The molecule has 27 heavy (non-hydrogen) atoms. The van der Waals surface area contributed by atoms with Crippen LogP contribution < -0.4 is 16.3 Å². The van der Waals surface area contributed by atoms with Crippen LogP contribution in [0.3, 0.4) is 0 Å². The molecule has 1 aromatic heterocycles. The van der Waals surface area contributed by atoms with Gasteiger partial charge in [0.05, 0.1) is 16.6 Å². The molecule has 0 bridgehead atoms. The Morgan fingerprint density at radius 1 is 0.963 bits per heavy atom. The molecular formula is C18H16N4O5. The van der Waals surface area contributed by atoms with Gasteiger partial charge in [-0.2, -0.15) is 0 Å². The number of carbonyl (C=O) groups is 3. The van der Waals surface area contributed by atoms with Crippen molar-refractivity contribution in [3.8, 4) is 0 Å². The van der Waals surface area contributed by atoms with Gasteiger partial charge >= 0.3 is 11.7 Å². The minimum Gasteiger partial charge on any atom is -0.452 e. The average Bonchev–Trinajstić information content (AvgIpc) is 2.98. The van der Waals surface area contributed by atoms with E-state index in [9.17, 15) is 19.2 Å². The first-order valence-electron chi connectivity index (χ1n) is 7.97. The van der Waals surface area contributed by atoms with E-state index in [0.717, 1.165) is 0 Å². The van der Waals surface area contributed by atoms with E-state index in [2.05, 4.69) is 20.6 Å². The molecule has 0 radical (unpaired) electrons. The molecule has 4 N–H and O–H groups in total. The number of aromatic nitrogens is 2. The molecule has 9 heteroatoms. The molecule has 9 nitrogen and oxygen atoms in total. The molecule has 2 aromatic carbocycles. The van der Waals surface area contributed by atoms with E-state index >= 15 is 0 Å². The topological polar surface area (TPSA) is 133 Å². The number of fused-ring (bicyclic) bond motifs is 1. The van der Waals surface area contributed by atoms with Gasteiger partial charge in [-0.15, -0.1) is 0 Å². The highest BCUT2D eigenvalue weighted by molar-refractivity contribution is 5.97. The van der Waals surface area contributed by atoms with E-state index < -0.39 is 18.5 Å². The zero-order chi connectivity index (χ0) is 19.4. The Labute approximate surface area is 152 Å². The lowest BCUT2D eigenvalue weighted by atomic mass is 10.2. The van der Waals surface area contributed by atoms with Crippen LogP contribution in [0.1, 0.15) is 17.3 Å². The van der Waals surface area contributed by atoms with E-state index in [1.165, 1.54) is 19.1 Å². The molecule has 0 saturated heterocycles. The van der Waals surface area contributed by atoms with Crippen molar-refractivity contribution < 1.29 is 19.1 Å². The maximum absolute atomic E-state index is 12.1. The van der Waals surface area contributed by atoms with Crippen molar-refractivity contribution in [3.05, 3.63) is 58.5 Å². The number of ether oxygens (including phenoxy) is 1. The minimum atomic E-state index is -0.692. The van der Waals surface area contributed by atoms with Crippen molar-refractivity contribution in [3.63, 3.8) is 0 Å². The van der Waals surface area contributed by atoms with Crippen LogP contribution in [-0.4, -0.2) is 34.4 Å². The highest BCUT2D eigenvalue weighted by Crippen LogP contribution is 2.15. The van der Waals surface area contributed by atoms with Gasteiger partial charge in [0.2, 0.25) is 5.91 Å². The Morgan fingerprint density at radius 2 is 1.70 bits per heavy atom. The smallest absolute Gasteiger partial charge is 0.338 e. The predicted octanol–water partition coefficient (Wildman–Crippen LogP) is 1.61. The number of benzene rings is 2. The monoisotopic (exact) mass is 368 g/mol. The lowest BCUT2D eigenvalue weighted by molar-refractivity contribution is -0.119. The number of carbonyl (C=O) groups excluding carboxylic acids is 3. The van der Waals surface area contributed by atoms with Crippen molar-refractivity contribution in [1.82, 2.24) is 9.97 Å². The first kappa shape index (κ1) is 17.9. The Balaban J connectivity index is 1.58. The summed E-state index contributed by atoms with van der Waals surface area (Å²) in [7, 11) is 0. The van der Waals surface area contributed by atoms with Crippen molar-refractivity contribution in [2.75, 3.05) is 17.2 Å². The van der Waals surface area contributed by atoms with Gasteiger partial charge < -0.3 is 25.3 Å². The fourth-order valence-corrected chi connectivity index (χ4v) is 2.45. The molecule has 0 atom stereocenters. The van der Waals surface area contributed by atoms with Crippen LogP contribution in [0.25, 0.3) is 11.0 Å². The van der Waals surface area contributed by atoms with Gasteiger partial charge in [-0.3, -0.25) is 9.59 Å². The molecule has 1 heterocycles. The number of aromatic amines is 2. The number of H-pyrrole nitrogens is 2. The zero-order valence-electron chi connectivity index (χ0n) is 14.3. The quantitative estimate of drug-likeness (QED) is 0.508. The van der Waals surface area contributed by atoms with Crippen LogP contribution >= 0.6 is 0 Å². The van der Waals surface area contributed by atoms with E-state index in [0.29, 0.717) is 22.4 Å². The fourth-order valence-electron chi connectivity index (χ4n) is 2.45. The van der Waals surface area contributed by atoms with Crippen molar-refractivity contribution in [2.24, 2.45) is 0 Å². The number of hydrogen-bond donors (Lipinski definition) is 4. The van der Waals surface area contributed by atoms with E-state index in [1.807, 2.05) is 0 Å². The highest BCUT2D eigenvalue weighted by Gasteiger charge is 2.12. The lowest BCUT2D eigenvalue weighted by Gasteiger charge is -2.08. The number of anilines is 2. The Bertz CT molecular complexity index is 1080. The lowest BCUT2D eigenvalue weighted by Crippen LogP contribution is -2.21. The van der Waals surface area contributed by atoms with Gasteiger partial charge in [0.25, 0.3) is 5.91 Å². The summed E-state index contributed by atoms with van der Waals surface area (Å²) in [6, 6.07) is 11.0. The van der Waals surface area contributed by atoms with Crippen LogP contribution in [0.4, 0.5) is 11.4 Å². The van der Waals surface area contributed by atoms with Gasteiger partial charge in [0.15, 0.2) is 6.61 Å². The average molecular weight is 368 g/mol. The molecule has 3 rings (SSSR count). The summed E-state index contributed by atoms with van der Waals surface area (Å²) in [5, 5.41) is 5.14. The highest BCUT2D eigenvalue weighted by atomic mass is 16.5. The van der Waals surface area contributed by atoms with E-state index in [-0.39, 0.29) is 17.2 Å². The van der Waals surface area contributed by atoms with Crippen LogP contribution in [0.15, 0.2) is 47.3 Å². The largest absolute Gasteiger partial charge is 0.452 e. The Kier molecular flexibility index (Phi) is 5.02. The number of amides is 2. The number of esters is 1. The number of imidazole rings is 1. The summed E-state index contributed by atoms with van der Waals surface area (Å²) < 4.78 is 4.99. The third kappa shape index (κ3) is 4.60. The summed E-state index contributed by atoms with van der Waals surface area (Å²) >= 11 is 0. The van der Waals surface area contributed by atoms with Crippen LogP contribution in [0, 0.1) is 0 Å². The SMILES string of the molecule is CC(=O)Nc1cccc(C(=O)OCC(=O)Nc2ccc3[nH]c(=O)[nH]c3c2)c1. The molecule has 0 unspecified atom stereocenters. The first-order valence-corrected chi connectivity index (χ1v) is 7.97. The van der Waals surface area contributed by atoms with Gasteiger partial charge in [-0.05, 0) is 36.4 Å². The molecule has 0 aliphatic rings. The molecule has 0 spiro atoms. The third-order valence-electron chi connectivity index (χ3n) is 3.55. The second kappa shape index (κ2) is 7.56. The van der Waals surface area contributed by atoms with Gasteiger partial charge in [0, 0.05) is 18.3 Å². The Morgan fingerprint density at radius 3 is 2.48 bits per heavy atom. The molecule has 3 aromatic rings. The fraction of sp³-hybridized carbons (Fsp3) is 0.111. The van der Waals surface area contributed by atoms with Crippen molar-refractivity contribution in [2.45, 2.75) is 6.92 Å². The maximum Gasteiger partial charge on any atom is 0.338 e. The number of hydrogen-bond acceptors (Lipinski definition) is 5. The third-order valence-corrected chi connectivity index (χ3v) is 3.55. The number of rotatable bonds is 5. The van der Waals surface area contributed by atoms with Crippen LogP contribution in [0.2, 0.25) is 0 Å². The molecule has 0 fully saturated rings.